The molecular weight excluding hydrogens is 222 g/mol. The van der Waals surface area contributed by atoms with Crippen LogP contribution in [0.15, 0.2) is 16.5 Å². The highest BCUT2D eigenvalue weighted by Gasteiger charge is 2.35. The Morgan fingerprint density at radius 2 is 2.35 bits per heavy atom. The number of ether oxygens (including phenoxy) is 1. The van der Waals surface area contributed by atoms with Gasteiger partial charge in [0.1, 0.15) is 11.5 Å². The monoisotopic (exact) mass is 237 g/mol. The standard InChI is InChI=1S/C12H15NO4/c1-8-3-4-10(17-8)7-13-6-9(5-11(13)14)12(15)16-2/h3-4,9H,5-7H2,1-2H3. The molecule has 1 aliphatic rings. The van der Waals surface area contributed by atoms with E-state index in [0.717, 1.165) is 11.5 Å². The molecule has 0 aromatic carbocycles. The summed E-state index contributed by atoms with van der Waals surface area (Å²) in [4.78, 5) is 24.7. The second-order valence-electron chi connectivity index (χ2n) is 4.21. The highest BCUT2D eigenvalue weighted by atomic mass is 16.5. The van der Waals surface area contributed by atoms with Gasteiger partial charge in [0.15, 0.2) is 0 Å². The second kappa shape index (κ2) is 4.61. The molecule has 0 aliphatic carbocycles. The van der Waals surface area contributed by atoms with Crippen molar-refractivity contribution in [2.45, 2.75) is 19.9 Å². The lowest BCUT2D eigenvalue weighted by molar-refractivity contribution is -0.145. The van der Waals surface area contributed by atoms with Gasteiger partial charge in [-0.25, -0.2) is 0 Å². The summed E-state index contributed by atoms with van der Waals surface area (Å²) in [5.74, 6) is 0.854. The number of hydrogen-bond acceptors (Lipinski definition) is 4. The molecular formula is C12H15NO4. The van der Waals surface area contributed by atoms with Crippen LogP contribution in [-0.4, -0.2) is 30.4 Å². The first-order chi connectivity index (χ1) is 8.10. The molecule has 2 heterocycles. The molecule has 1 amide bonds. The topological polar surface area (TPSA) is 59.8 Å². The molecule has 0 saturated carbocycles. The van der Waals surface area contributed by atoms with E-state index in [0.29, 0.717) is 13.1 Å². The molecule has 0 spiro atoms. The zero-order valence-electron chi connectivity index (χ0n) is 9.93. The fraction of sp³-hybridized carbons (Fsp3) is 0.500. The second-order valence-corrected chi connectivity index (χ2v) is 4.21. The number of esters is 1. The van der Waals surface area contributed by atoms with Crippen molar-refractivity contribution in [2.75, 3.05) is 13.7 Å². The molecule has 1 saturated heterocycles. The van der Waals surface area contributed by atoms with E-state index in [2.05, 4.69) is 4.74 Å². The lowest BCUT2D eigenvalue weighted by atomic mass is 10.1. The summed E-state index contributed by atoms with van der Waals surface area (Å²) < 4.78 is 10.0. The van der Waals surface area contributed by atoms with E-state index in [4.69, 9.17) is 4.42 Å². The largest absolute Gasteiger partial charge is 0.469 e. The Morgan fingerprint density at radius 1 is 1.59 bits per heavy atom. The third-order valence-corrected chi connectivity index (χ3v) is 2.89. The van der Waals surface area contributed by atoms with E-state index >= 15 is 0 Å². The average molecular weight is 237 g/mol. The summed E-state index contributed by atoms with van der Waals surface area (Å²) in [5, 5.41) is 0. The smallest absolute Gasteiger partial charge is 0.310 e. The number of hydrogen-bond donors (Lipinski definition) is 0. The SMILES string of the molecule is COC(=O)C1CC(=O)N(Cc2ccc(C)o2)C1. The maximum Gasteiger partial charge on any atom is 0.310 e. The number of amides is 1. The van der Waals surface area contributed by atoms with Crippen LogP contribution in [0, 0.1) is 12.8 Å². The number of rotatable bonds is 3. The lowest BCUT2D eigenvalue weighted by Gasteiger charge is -2.14. The molecule has 0 N–H and O–H groups in total. The third-order valence-electron chi connectivity index (χ3n) is 2.89. The molecule has 1 fully saturated rings. The van der Waals surface area contributed by atoms with E-state index in [1.807, 2.05) is 19.1 Å². The van der Waals surface area contributed by atoms with Crippen molar-refractivity contribution < 1.29 is 18.7 Å². The first-order valence-corrected chi connectivity index (χ1v) is 5.51. The van der Waals surface area contributed by atoms with Gasteiger partial charge in [-0.2, -0.15) is 0 Å². The number of furan rings is 1. The highest BCUT2D eigenvalue weighted by Crippen LogP contribution is 2.21. The number of aryl methyl sites for hydroxylation is 1. The molecule has 0 radical (unpaired) electrons. The van der Waals surface area contributed by atoms with E-state index < -0.39 is 0 Å². The first kappa shape index (κ1) is 11.7. The summed E-state index contributed by atoms with van der Waals surface area (Å²) in [7, 11) is 1.34. The summed E-state index contributed by atoms with van der Waals surface area (Å²) in [6.07, 6.45) is 0.229. The molecule has 5 heteroatoms. The minimum atomic E-state index is -0.344. The van der Waals surface area contributed by atoms with Crippen molar-refractivity contribution in [1.29, 1.82) is 0 Å². The van der Waals surface area contributed by atoms with Crippen LogP contribution in [0.3, 0.4) is 0 Å². The fourth-order valence-electron chi connectivity index (χ4n) is 2.01. The van der Waals surface area contributed by atoms with Crippen LogP contribution >= 0.6 is 0 Å². The molecule has 1 aromatic rings. The summed E-state index contributed by atoms with van der Waals surface area (Å²) >= 11 is 0. The zero-order chi connectivity index (χ0) is 12.4. The molecule has 92 valence electrons. The number of methoxy groups -OCH3 is 1. The van der Waals surface area contributed by atoms with Gasteiger partial charge < -0.3 is 14.1 Å². The van der Waals surface area contributed by atoms with Gasteiger partial charge in [-0.15, -0.1) is 0 Å². The van der Waals surface area contributed by atoms with Gasteiger partial charge in [0.2, 0.25) is 5.91 Å². The predicted molar refractivity (Wildman–Crippen MR) is 59.0 cm³/mol. The maximum absolute atomic E-state index is 11.7. The third kappa shape index (κ3) is 2.49. The lowest BCUT2D eigenvalue weighted by Crippen LogP contribution is -2.25. The van der Waals surface area contributed by atoms with Gasteiger partial charge in [-0.3, -0.25) is 9.59 Å². The summed E-state index contributed by atoms with van der Waals surface area (Å²) in [5.41, 5.74) is 0. The van der Waals surface area contributed by atoms with Crippen LogP contribution in [0.1, 0.15) is 17.9 Å². The van der Waals surface area contributed by atoms with Gasteiger partial charge in [-0.05, 0) is 19.1 Å². The molecule has 1 unspecified atom stereocenters. The Kier molecular flexibility index (Phi) is 3.17. The molecule has 17 heavy (non-hydrogen) atoms. The zero-order valence-corrected chi connectivity index (χ0v) is 9.93. The summed E-state index contributed by atoms with van der Waals surface area (Å²) in [6.45, 7) is 2.68. The predicted octanol–water partition coefficient (Wildman–Crippen LogP) is 1.11. The van der Waals surface area contributed by atoms with Gasteiger partial charge in [0.25, 0.3) is 0 Å². The first-order valence-electron chi connectivity index (χ1n) is 5.51. The highest BCUT2D eigenvalue weighted by molar-refractivity contribution is 5.86. The number of carbonyl (C=O) groups is 2. The Morgan fingerprint density at radius 3 is 2.94 bits per heavy atom. The quantitative estimate of drug-likeness (QED) is 0.739. The van der Waals surface area contributed by atoms with Crippen LogP contribution < -0.4 is 0 Å². The molecule has 1 aromatic heterocycles. The van der Waals surface area contributed by atoms with Crippen LogP contribution in [0.25, 0.3) is 0 Å². The van der Waals surface area contributed by atoms with Crippen molar-refractivity contribution in [3.05, 3.63) is 23.7 Å². The van der Waals surface area contributed by atoms with Gasteiger partial charge in [0.05, 0.1) is 19.6 Å². The van der Waals surface area contributed by atoms with Crippen molar-refractivity contribution >= 4 is 11.9 Å². The normalized spacial score (nSPS) is 19.8. The van der Waals surface area contributed by atoms with Crippen molar-refractivity contribution in [3.8, 4) is 0 Å². The molecule has 5 nitrogen and oxygen atoms in total. The Balaban J connectivity index is 1.99. The maximum atomic E-state index is 11.7. The average Bonchev–Trinajstić information content (AvgIpc) is 2.86. The van der Waals surface area contributed by atoms with Gasteiger partial charge >= 0.3 is 5.97 Å². The minimum absolute atomic E-state index is 0.0329. The van der Waals surface area contributed by atoms with Crippen LogP contribution in [0.4, 0.5) is 0 Å². The van der Waals surface area contributed by atoms with Crippen molar-refractivity contribution in [1.82, 2.24) is 4.90 Å². The van der Waals surface area contributed by atoms with E-state index in [9.17, 15) is 9.59 Å². The van der Waals surface area contributed by atoms with E-state index in [1.165, 1.54) is 7.11 Å². The van der Waals surface area contributed by atoms with Crippen LogP contribution in [-0.2, 0) is 20.9 Å². The van der Waals surface area contributed by atoms with Gasteiger partial charge in [-0.1, -0.05) is 0 Å². The molecule has 1 atom stereocenters. The Labute approximate surface area is 99.3 Å². The van der Waals surface area contributed by atoms with Gasteiger partial charge in [0, 0.05) is 13.0 Å². The molecule has 2 rings (SSSR count). The Bertz CT molecular complexity index is 437. The van der Waals surface area contributed by atoms with E-state index in [-0.39, 0.29) is 24.2 Å². The Hall–Kier alpha value is -1.78. The molecule has 0 bridgehead atoms. The molecule has 1 aliphatic heterocycles. The van der Waals surface area contributed by atoms with Crippen molar-refractivity contribution in [2.24, 2.45) is 5.92 Å². The number of likely N-dealkylation sites (tertiary alicyclic amines) is 1. The van der Waals surface area contributed by atoms with Crippen LogP contribution in [0.2, 0.25) is 0 Å². The number of carbonyl (C=O) groups excluding carboxylic acids is 2. The fourth-order valence-corrected chi connectivity index (χ4v) is 2.01. The van der Waals surface area contributed by atoms with Crippen LogP contribution in [0.5, 0.6) is 0 Å². The van der Waals surface area contributed by atoms with Crippen molar-refractivity contribution in [3.63, 3.8) is 0 Å². The minimum Gasteiger partial charge on any atom is -0.469 e. The summed E-state index contributed by atoms with van der Waals surface area (Å²) in [6, 6.07) is 3.70. The number of nitrogens with zero attached hydrogens (tertiary/aromatic N) is 1. The van der Waals surface area contributed by atoms with E-state index in [1.54, 1.807) is 4.90 Å².